The van der Waals surface area contributed by atoms with Gasteiger partial charge in [0.05, 0.1) is 16.5 Å². The molecule has 2 rings (SSSR count). The Hall–Kier alpha value is -1.42. The molecule has 76 valence electrons. The standard InChI is InChI=1S/C11H9BrN2O/c12-7-11(15)14-10-5-1-4-9-8(10)3-2-6-13-9/h1-6H,7H2,(H,14,15). The number of hydrogen-bond acceptors (Lipinski definition) is 2. The summed E-state index contributed by atoms with van der Waals surface area (Å²) in [4.78, 5) is 15.5. The maximum Gasteiger partial charge on any atom is 0.235 e. The number of benzene rings is 1. The van der Waals surface area contributed by atoms with Crippen LogP contribution >= 0.6 is 15.9 Å². The molecule has 0 aliphatic heterocycles. The maximum absolute atomic E-state index is 11.2. The summed E-state index contributed by atoms with van der Waals surface area (Å²) in [6, 6.07) is 9.45. The van der Waals surface area contributed by atoms with Gasteiger partial charge in [-0.25, -0.2) is 0 Å². The fraction of sp³-hybridized carbons (Fsp3) is 0.0909. The zero-order chi connectivity index (χ0) is 10.7. The molecule has 1 N–H and O–H groups in total. The van der Waals surface area contributed by atoms with Crippen LogP contribution in [0, 0.1) is 0 Å². The molecule has 0 bridgehead atoms. The molecular weight excluding hydrogens is 256 g/mol. The maximum atomic E-state index is 11.2. The SMILES string of the molecule is O=C(CBr)Nc1cccc2ncccc12. The highest BCUT2D eigenvalue weighted by Crippen LogP contribution is 2.21. The Bertz CT molecular complexity index is 493. The number of hydrogen-bond donors (Lipinski definition) is 1. The first-order chi connectivity index (χ1) is 7.31. The van der Waals surface area contributed by atoms with Gasteiger partial charge in [-0.1, -0.05) is 22.0 Å². The molecule has 0 saturated carbocycles. The first-order valence-corrected chi connectivity index (χ1v) is 5.63. The van der Waals surface area contributed by atoms with Gasteiger partial charge in [-0.05, 0) is 24.3 Å². The monoisotopic (exact) mass is 264 g/mol. The number of nitrogens with one attached hydrogen (secondary N) is 1. The number of nitrogens with zero attached hydrogens (tertiary/aromatic N) is 1. The van der Waals surface area contributed by atoms with Gasteiger partial charge < -0.3 is 5.32 Å². The first kappa shape index (κ1) is 10.1. The van der Waals surface area contributed by atoms with Crippen molar-refractivity contribution >= 4 is 38.4 Å². The molecule has 0 radical (unpaired) electrons. The lowest BCUT2D eigenvalue weighted by Crippen LogP contribution is -2.12. The van der Waals surface area contributed by atoms with E-state index in [1.807, 2.05) is 30.3 Å². The quantitative estimate of drug-likeness (QED) is 0.848. The molecule has 1 heterocycles. The van der Waals surface area contributed by atoms with Crippen LogP contribution in [0.1, 0.15) is 0 Å². The van der Waals surface area contributed by atoms with Gasteiger partial charge in [0.25, 0.3) is 0 Å². The number of fused-ring (bicyclic) bond motifs is 1. The van der Waals surface area contributed by atoms with Crippen LogP contribution in [0.15, 0.2) is 36.5 Å². The molecule has 0 aliphatic carbocycles. The van der Waals surface area contributed by atoms with Crippen LogP contribution in [0.2, 0.25) is 0 Å². The Morgan fingerprint density at radius 3 is 3.00 bits per heavy atom. The van der Waals surface area contributed by atoms with Crippen LogP contribution in [-0.4, -0.2) is 16.2 Å². The van der Waals surface area contributed by atoms with Gasteiger partial charge >= 0.3 is 0 Å². The molecule has 0 spiro atoms. The molecule has 0 fully saturated rings. The second kappa shape index (κ2) is 4.40. The lowest BCUT2D eigenvalue weighted by molar-refractivity contribution is -0.113. The van der Waals surface area contributed by atoms with Gasteiger partial charge in [-0.3, -0.25) is 9.78 Å². The summed E-state index contributed by atoms with van der Waals surface area (Å²) in [7, 11) is 0. The van der Waals surface area contributed by atoms with E-state index in [9.17, 15) is 4.79 Å². The molecule has 1 amide bonds. The topological polar surface area (TPSA) is 42.0 Å². The molecule has 0 aliphatic rings. The number of amides is 1. The Balaban J connectivity index is 2.46. The van der Waals surface area contributed by atoms with Crippen LogP contribution in [0.3, 0.4) is 0 Å². The Kier molecular flexibility index (Phi) is 2.97. The van der Waals surface area contributed by atoms with Crippen molar-refractivity contribution in [3.63, 3.8) is 0 Å². The van der Waals surface area contributed by atoms with Crippen LogP contribution in [-0.2, 0) is 4.79 Å². The highest BCUT2D eigenvalue weighted by atomic mass is 79.9. The molecule has 0 saturated heterocycles. The van der Waals surface area contributed by atoms with E-state index in [1.54, 1.807) is 6.20 Å². The number of anilines is 1. The number of carbonyl (C=O) groups excluding carboxylic acids is 1. The highest BCUT2D eigenvalue weighted by Gasteiger charge is 2.03. The molecule has 2 aromatic rings. The van der Waals surface area contributed by atoms with Gasteiger partial charge in [-0.2, -0.15) is 0 Å². The predicted molar refractivity (Wildman–Crippen MR) is 64.2 cm³/mol. The van der Waals surface area contributed by atoms with Gasteiger partial charge in [0, 0.05) is 11.6 Å². The Morgan fingerprint density at radius 1 is 1.33 bits per heavy atom. The van der Waals surface area contributed by atoms with Crippen molar-refractivity contribution in [2.75, 3.05) is 10.6 Å². The Morgan fingerprint density at radius 2 is 2.20 bits per heavy atom. The minimum Gasteiger partial charge on any atom is -0.325 e. The van der Waals surface area contributed by atoms with Crippen LogP contribution < -0.4 is 5.32 Å². The Labute approximate surface area is 95.6 Å². The zero-order valence-electron chi connectivity index (χ0n) is 7.90. The van der Waals surface area contributed by atoms with Crippen LogP contribution in [0.4, 0.5) is 5.69 Å². The average molecular weight is 265 g/mol. The largest absolute Gasteiger partial charge is 0.325 e. The smallest absolute Gasteiger partial charge is 0.235 e. The van der Waals surface area contributed by atoms with Crippen molar-refractivity contribution in [1.82, 2.24) is 4.98 Å². The fourth-order valence-corrected chi connectivity index (χ4v) is 1.54. The second-order valence-electron chi connectivity index (χ2n) is 3.06. The van der Waals surface area contributed by atoms with Crippen molar-refractivity contribution in [2.45, 2.75) is 0 Å². The molecule has 1 aromatic carbocycles. The predicted octanol–water partition coefficient (Wildman–Crippen LogP) is 2.57. The second-order valence-corrected chi connectivity index (χ2v) is 3.62. The number of rotatable bonds is 2. The number of alkyl halides is 1. The summed E-state index contributed by atoms with van der Waals surface area (Å²) < 4.78 is 0. The molecule has 1 aromatic heterocycles. The van der Waals surface area contributed by atoms with E-state index in [0.29, 0.717) is 5.33 Å². The van der Waals surface area contributed by atoms with Gasteiger partial charge in [0.2, 0.25) is 5.91 Å². The molecule has 4 heteroatoms. The van der Waals surface area contributed by atoms with Crippen LogP contribution in [0.25, 0.3) is 10.9 Å². The van der Waals surface area contributed by atoms with E-state index in [2.05, 4.69) is 26.2 Å². The summed E-state index contributed by atoms with van der Waals surface area (Å²) >= 11 is 3.11. The third-order valence-corrected chi connectivity index (χ3v) is 2.55. The third-order valence-electron chi connectivity index (χ3n) is 2.04. The molecule has 0 atom stereocenters. The van der Waals surface area contributed by atoms with Crippen LogP contribution in [0.5, 0.6) is 0 Å². The lowest BCUT2D eigenvalue weighted by Gasteiger charge is -2.06. The fourth-order valence-electron chi connectivity index (χ4n) is 1.40. The van der Waals surface area contributed by atoms with E-state index in [-0.39, 0.29) is 5.91 Å². The van der Waals surface area contributed by atoms with E-state index < -0.39 is 0 Å². The van der Waals surface area contributed by atoms with E-state index >= 15 is 0 Å². The third kappa shape index (κ3) is 2.15. The van der Waals surface area contributed by atoms with Crippen molar-refractivity contribution in [3.05, 3.63) is 36.5 Å². The van der Waals surface area contributed by atoms with Crippen molar-refractivity contribution in [1.29, 1.82) is 0 Å². The molecule has 15 heavy (non-hydrogen) atoms. The van der Waals surface area contributed by atoms with Crippen molar-refractivity contribution in [3.8, 4) is 0 Å². The van der Waals surface area contributed by atoms with Crippen molar-refractivity contribution < 1.29 is 4.79 Å². The first-order valence-electron chi connectivity index (χ1n) is 4.51. The summed E-state index contributed by atoms with van der Waals surface area (Å²) in [6.07, 6.45) is 1.73. The number of carbonyl (C=O) groups is 1. The van der Waals surface area contributed by atoms with Gasteiger partial charge in [0.15, 0.2) is 0 Å². The number of halogens is 1. The van der Waals surface area contributed by atoms with Crippen molar-refractivity contribution in [2.24, 2.45) is 0 Å². The summed E-state index contributed by atoms with van der Waals surface area (Å²) in [5, 5.41) is 4.06. The average Bonchev–Trinajstić information content (AvgIpc) is 2.29. The summed E-state index contributed by atoms with van der Waals surface area (Å²) in [6.45, 7) is 0. The number of aromatic nitrogens is 1. The molecule has 0 unspecified atom stereocenters. The summed E-state index contributed by atoms with van der Waals surface area (Å²) in [5.74, 6) is -0.0636. The number of pyridine rings is 1. The lowest BCUT2D eigenvalue weighted by atomic mass is 10.2. The van der Waals surface area contributed by atoms with E-state index in [0.717, 1.165) is 16.6 Å². The summed E-state index contributed by atoms with van der Waals surface area (Å²) in [5.41, 5.74) is 1.68. The normalized spacial score (nSPS) is 10.2. The molecular formula is C11H9BrN2O. The zero-order valence-corrected chi connectivity index (χ0v) is 9.49. The minimum absolute atomic E-state index is 0.0636. The molecule has 3 nitrogen and oxygen atoms in total. The van der Waals surface area contributed by atoms with Gasteiger partial charge in [0.1, 0.15) is 0 Å². The minimum atomic E-state index is -0.0636. The highest BCUT2D eigenvalue weighted by molar-refractivity contribution is 9.09. The van der Waals surface area contributed by atoms with Gasteiger partial charge in [-0.15, -0.1) is 0 Å². The van der Waals surface area contributed by atoms with E-state index in [1.165, 1.54) is 0 Å². The van der Waals surface area contributed by atoms with E-state index in [4.69, 9.17) is 0 Å².